The Bertz CT molecular complexity index is 1310. The number of Topliss-reactive ketones (excluding diaryl/α,β-unsaturated/α-hetero) is 1. The van der Waals surface area contributed by atoms with Crippen LogP contribution in [0.2, 0.25) is 0 Å². The van der Waals surface area contributed by atoms with Crippen molar-refractivity contribution in [3.05, 3.63) is 12.7 Å². The Morgan fingerprint density at radius 3 is 2.30 bits per heavy atom. The fraction of sp³-hybridized carbons (Fsp3) is 0.730. The highest BCUT2D eigenvalue weighted by molar-refractivity contribution is 6.38. The number of rotatable bonds is 15. The maximum Gasteiger partial charge on any atom is 0.407 e. The minimum Gasteiger partial charge on any atom is -0.447 e. The van der Waals surface area contributed by atoms with Crippen molar-refractivity contribution in [1.29, 1.82) is 0 Å². The van der Waals surface area contributed by atoms with Crippen LogP contribution >= 0.6 is 0 Å². The fourth-order valence-electron chi connectivity index (χ4n) is 7.77. The molecule has 0 bridgehead atoms. The number of alkyl carbamates (subject to hydrolysis) is 1. The van der Waals surface area contributed by atoms with Gasteiger partial charge in [-0.3, -0.25) is 19.2 Å². The number of ketones is 1. The highest BCUT2D eigenvalue weighted by Gasteiger charge is 2.61. The lowest BCUT2D eigenvalue weighted by molar-refractivity contribution is -0.145. The zero-order chi connectivity index (χ0) is 37.2. The van der Waals surface area contributed by atoms with Gasteiger partial charge in [-0.1, -0.05) is 60.0 Å². The maximum atomic E-state index is 14.7. The van der Waals surface area contributed by atoms with Crippen molar-refractivity contribution in [2.45, 2.75) is 117 Å². The Morgan fingerprint density at radius 2 is 1.72 bits per heavy atom. The van der Waals surface area contributed by atoms with Crippen LogP contribution in [0.5, 0.6) is 0 Å². The molecular weight excluding hydrogens is 640 g/mol. The summed E-state index contributed by atoms with van der Waals surface area (Å²) in [5.41, 5.74) is -0.733. The zero-order valence-electron chi connectivity index (χ0n) is 30.7. The first-order valence-electron chi connectivity index (χ1n) is 18.0. The van der Waals surface area contributed by atoms with Gasteiger partial charge in [-0.05, 0) is 61.2 Å². The first-order valence-corrected chi connectivity index (χ1v) is 18.0. The number of hydrogen-bond acceptors (Lipinski definition) is 7. The summed E-state index contributed by atoms with van der Waals surface area (Å²) in [7, 11) is 0. The number of terminal acetylenes is 1. The van der Waals surface area contributed by atoms with E-state index in [1.54, 1.807) is 11.8 Å². The Morgan fingerprint density at radius 1 is 1.04 bits per heavy atom. The first-order chi connectivity index (χ1) is 23.5. The molecule has 2 saturated carbocycles. The van der Waals surface area contributed by atoms with Gasteiger partial charge in [0.15, 0.2) is 0 Å². The summed E-state index contributed by atoms with van der Waals surface area (Å²) < 4.78 is 5.34. The number of nitrogens with zero attached hydrogens (tertiary/aromatic N) is 1. The molecule has 3 aliphatic rings. The topological polar surface area (TPSA) is 175 Å². The molecule has 5 N–H and O–H groups in total. The Hall–Kier alpha value is -4.08. The average molecular weight is 699 g/mol. The SMILES string of the molecule is C#CCCC(NC(=O)C1[C@@H]2C(CN1C(=O)[C@@H](NC(=O)NC(COC(=O)NCC)C(C)(C)C)C1CCCCC1)CC2(C)C)C(=O)C(=O)NCC=C. The first kappa shape index (κ1) is 40.4. The largest absolute Gasteiger partial charge is 0.447 e. The van der Waals surface area contributed by atoms with Crippen LogP contribution in [-0.4, -0.2) is 90.9 Å². The van der Waals surface area contributed by atoms with Crippen LogP contribution in [0.15, 0.2) is 12.7 Å². The fourth-order valence-corrected chi connectivity index (χ4v) is 7.77. The van der Waals surface area contributed by atoms with Gasteiger partial charge in [0.25, 0.3) is 5.91 Å². The van der Waals surface area contributed by atoms with E-state index in [-0.39, 0.29) is 55.1 Å². The summed E-state index contributed by atoms with van der Waals surface area (Å²) in [6.45, 7) is 16.0. The molecule has 1 aliphatic heterocycles. The number of hydrogen-bond donors (Lipinski definition) is 5. The number of carbonyl (C=O) groups excluding carboxylic acids is 6. The van der Waals surface area contributed by atoms with Crippen molar-refractivity contribution >= 4 is 35.6 Å². The third-order valence-electron chi connectivity index (χ3n) is 10.4. The second-order valence-corrected chi connectivity index (χ2v) is 15.6. The predicted molar refractivity (Wildman–Crippen MR) is 189 cm³/mol. The molecule has 6 atom stereocenters. The minimum atomic E-state index is -1.17. The van der Waals surface area contributed by atoms with Gasteiger partial charge < -0.3 is 36.2 Å². The van der Waals surface area contributed by atoms with E-state index in [1.165, 1.54) is 6.08 Å². The number of nitrogens with one attached hydrogen (secondary N) is 5. The number of fused-ring (bicyclic) bond motifs is 1. The summed E-state index contributed by atoms with van der Waals surface area (Å²) in [5, 5.41) is 13.7. The lowest BCUT2D eigenvalue weighted by atomic mass is 9.55. The van der Waals surface area contributed by atoms with E-state index in [4.69, 9.17) is 11.2 Å². The molecule has 0 aromatic heterocycles. The van der Waals surface area contributed by atoms with Gasteiger partial charge >= 0.3 is 12.1 Å². The molecule has 3 fully saturated rings. The van der Waals surface area contributed by atoms with Crippen molar-refractivity contribution in [3.8, 4) is 12.3 Å². The van der Waals surface area contributed by atoms with Gasteiger partial charge in [-0.15, -0.1) is 18.9 Å². The standard InChI is InChI=1S/C37H58N6O7/c1-9-12-18-25(30(44)32(46)39-19-10-2)40-31(45)29-27-24(20-37(27,7)8)21-43(29)33(47)28(23-16-14-13-15-17-23)42-34(48)41-26(36(4,5)6)22-50-35(49)38-11-3/h1,10,23-29H,2,11-22H2,3-8H3,(H,38,49)(H,39,46)(H,40,45)(H2,41,42,48)/t24?,25?,26?,27-,28-,29?/m0/s1. The highest BCUT2D eigenvalue weighted by Crippen LogP contribution is 2.57. The van der Waals surface area contributed by atoms with Crippen LogP contribution in [0, 0.1) is 40.9 Å². The Kier molecular flexibility index (Phi) is 14.3. The Labute approximate surface area is 297 Å². The summed E-state index contributed by atoms with van der Waals surface area (Å²) >= 11 is 0. The van der Waals surface area contributed by atoms with E-state index in [9.17, 15) is 28.8 Å². The molecule has 3 rings (SSSR count). The summed E-state index contributed by atoms with van der Waals surface area (Å²) in [4.78, 5) is 81.8. The molecule has 1 heterocycles. The molecule has 278 valence electrons. The molecule has 50 heavy (non-hydrogen) atoms. The summed E-state index contributed by atoms with van der Waals surface area (Å²) in [5.74, 6) is -0.334. The second kappa shape index (κ2) is 17.7. The third kappa shape index (κ3) is 10.2. The number of ether oxygens (including phenoxy) is 1. The van der Waals surface area contributed by atoms with Crippen LogP contribution in [0.4, 0.5) is 9.59 Å². The molecule has 0 spiro atoms. The maximum absolute atomic E-state index is 14.7. The van der Waals surface area contributed by atoms with Crippen molar-refractivity contribution < 1.29 is 33.5 Å². The van der Waals surface area contributed by atoms with Crippen LogP contribution < -0.4 is 26.6 Å². The smallest absolute Gasteiger partial charge is 0.407 e. The van der Waals surface area contributed by atoms with Gasteiger partial charge in [0.05, 0.1) is 12.1 Å². The Balaban J connectivity index is 1.88. The quantitative estimate of drug-likeness (QED) is 0.0993. The van der Waals surface area contributed by atoms with Crippen LogP contribution in [-0.2, 0) is 23.9 Å². The van der Waals surface area contributed by atoms with Crippen molar-refractivity contribution in [3.63, 3.8) is 0 Å². The normalized spacial score (nSPS) is 23.0. The monoisotopic (exact) mass is 698 g/mol. The molecule has 0 radical (unpaired) electrons. The number of amides is 6. The van der Waals surface area contributed by atoms with Crippen LogP contribution in [0.3, 0.4) is 0 Å². The van der Waals surface area contributed by atoms with Gasteiger partial charge in [0.2, 0.25) is 17.6 Å². The number of likely N-dealkylation sites (tertiary alicyclic amines) is 1. The minimum absolute atomic E-state index is 0.0614. The van der Waals surface area contributed by atoms with Gasteiger partial charge in [0.1, 0.15) is 18.7 Å². The molecule has 4 unspecified atom stereocenters. The lowest BCUT2D eigenvalue weighted by Crippen LogP contribution is -2.62. The molecule has 0 aromatic carbocycles. The highest BCUT2D eigenvalue weighted by atomic mass is 16.5. The van der Waals surface area contributed by atoms with Crippen molar-refractivity contribution in [2.24, 2.45) is 28.6 Å². The molecule has 6 amide bonds. The molecule has 13 nitrogen and oxygen atoms in total. The van der Waals surface area contributed by atoms with Crippen molar-refractivity contribution in [1.82, 2.24) is 31.5 Å². The van der Waals surface area contributed by atoms with Crippen LogP contribution in [0.1, 0.15) is 92.9 Å². The average Bonchev–Trinajstić information content (AvgIpc) is 3.40. The van der Waals surface area contributed by atoms with E-state index in [2.05, 4.69) is 52.9 Å². The second-order valence-electron chi connectivity index (χ2n) is 15.6. The summed E-state index contributed by atoms with van der Waals surface area (Å²) in [6, 6.07) is -4.11. The lowest BCUT2D eigenvalue weighted by Gasteiger charge is -2.49. The molecule has 2 aliphatic carbocycles. The van der Waals surface area contributed by atoms with Crippen LogP contribution in [0.25, 0.3) is 0 Å². The van der Waals surface area contributed by atoms with Gasteiger partial charge in [0, 0.05) is 26.1 Å². The molecular formula is C37H58N6O7. The van der Waals surface area contributed by atoms with Gasteiger partial charge in [-0.2, -0.15) is 0 Å². The zero-order valence-corrected chi connectivity index (χ0v) is 30.7. The van der Waals surface area contributed by atoms with Gasteiger partial charge in [-0.25, -0.2) is 9.59 Å². The third-order valence-corrected chi connectivity index (χ3v) is 10.4. The number of carbonyl (C=O) groups is 6. The van der Waals surface area contributed by atoms with E-state index in [1.807, 2.05) is 20.8 Å². The molecule has 13 heteroatoms. The molecule has 0 aromatic rings. The van der Waals surface area contributed by atoms with E-state index < -0.39 is 59.3 Å². The predicted octanol–water partition coefficient (Wildman–Crippen LogP) is 3.04. The molecule has 1 saturated heterocycles. The number of urea groups is 1. The van der Waals surface area contributed by atoms with E-state index in [0.717, 1.165) is 38.5 Å². The summed E-state index contributed by atoms with van der Waals surface area (Å²) in [6.07, 6.45) is 11.7. The van der Waals surface area contributed by atoms with Crippen molar-refractivity contribution in [2.75, 3.05) is 26.2 Å². The van der Waals surface area contributed by atoms with E-state index in [0.29, 0.717) is 13.1 Å². The van der Waals surface area contributed by atoms with E-state index >= 15 is 0 Å².